The van der Waals surface area contributed by atoms with Crippen molar-refractivity contribution in [1.29, 1.82) is 0 Å². The number of anilines is 1. The number of thiophene rings is 1. The van der Waals surface area contributed by atoms with Crippen molar-refractivity contribution >= 4 is 34.2 Å². The van der Waals surface area contributed by atoms with Crippen molar-refractivity contribution < 1.29 is 28.6 Å². The first-order valence-corrected chi connectivity index (χ1v) is 11.2. The van der Waals surface area contributed by atoms with E-state index in [1.807, 2.05) is 24.3 Å². The highest BCUT2D eigenvalue weighted by Crippen LogP contribution is 2.34. The fourth-order valence-corrected chi connectivity index (χ4v) is 3.98. The highest BCUT2D eigenvalue weighted by molar-refractivity contribution is 7.18. The molecule has 1 aromatic heterocycles. The summed E-state index contributed by atoms with van der Waals surface area (Å²) in [7, 11) is 0. The van der Waals surface area contributed by atoms with E-state index in [2.05, 4.69) is 12.2 Å². The largest absolute Gasteiger partial charge is 0.494 e. The van der Waals surface area contributed by atoms with Crippen LogP contribution in [0.2, 0.25) is 0 Å². The van der Waals surface area contributed by atoms with Crippen molar-refractivity contribution in [2.24, 2.45) is 0 Å². The summed E-state index contributed by atoms with van der Waals surface area (Å²) in [4.78, 5) is 37.3. The normalized spacial score (nSPS) is 10.5. The van der Waals surface area contributed by atoms with Crippen molar-refractivity contribution in [2.75, 3.05) is 25.1 Å². The molecule has 0 aliphatic heterocycles. The Hall–Kier alpha value is -2.87. The molecule has 168 valence electrons. The molecule has 0 spiro atoms. The molecule has 31 heavy (non-hydrogen) atoms. The minimum atomic E-state index is -0.582. The van der Waals surface area contributed by atoms with E-state index in [4.69, 9.17) is 14.2 Å². The topological polar surface area (TPSA) is 90.9 Å². The molecule has 0 atom stereocenters. The second kappa shape index (κ2) is 12.1. The van der Waals surface area contributed by atoms with Crippen LogP contribution in [0.25, 0.3) is 0 Å². The van der Waals surface area contributed by atoms with Gasteiger partial charge >= 0.3 is 11.9 Å². The number of carbonyl (C=O) groups is 3. The van der Waals surface area contributed by atoms with Gasteiger partial charge in [-0.25, -0.2) is 9.59 Å². The molecule has 0 saturated heterocycles. The van der Waals surface area contributed by atoms with Crippen LogP contribution >= 0.6 is 11.3 Å². The lowest BCUT2D eigenvalue weighted by atomic mass is 10.1. The number of rotatable bonds is 11. The Bertz CT molecular complexity index is 904. The first-order chi connectivity index (χ1) is 14.9. The Balaban J connectivity index is 1.99. The van der Waals surface area contributed by atoms with E-state index < -0.39 is 11.9 Å². The number of carbonyl (C=O) groups excluding carboxylic acids is 3. The van der Waals surface area contributed by atoms with E-state index in [1.54, 1.807) is 20.8 Å². The van der Waals surface area contributed by atoms with Gasteiger partial charge in [-0.05, 0) is 56.9 Å². The number of amides is 1. The molecule has 1 aromatic carbocycles. The Labute approximate surface area is 186 Å². The number of benzene rings is 1. The highest BCUT2D eigenvalue weighted by atomic mass is 32.1. The van der Waals surface area contributed by atoms with Crippen LogP contribution in [0, 0.1) is 6.92 Å². The molecule has 2 rings (SSSR count). The summed E-state index contributed by atoms with van der Waals surface area (Å²) in [6.07, 6.45) is 1.68. The van der Waals surface area contributed by atoms with Gasteiger partial charge < -0.3 is 19.5 Å². The van der Waals surface area contributed by atoms with Gasteiger partial charge in [0.25, 0.3) is 0 Å². The van der Waals surface area contributed by atoms with Gasteiger partial charge in [0.05, 0.1) is 25.4 Å². The van der Waals surface area contributed by atoms with E-state index in [0.717, 1.165) is 23.5 Å². The maximum atomic E-state index is 12.4. The third-order valence-electron chi connectivity index (χ3n) is 4.49. The van der Waals surface area contributed by atoms with Crippen molar-refractivity contribution in [1.82, 2.24) is 0 Å². The molecule has 1 amide bonds. The molecule has 0 aliphatic carbocycles. The van der Waals surface area contributed by atoms with Crippen LogP contribution in [0.4, 0.5) is 5.00 Å². The van der Waals surface area contributed by atoms with Gasteiger partial charge in [0.15, 0.2) is 0 Å². The Morgan fingerprint density at radius 2 is 1.61 bits per heavy atom. The van der Waals surface area contributed by atoms with Crippen LogP contribution in [-0.4, -0.2) is 37.7 Å². The molecule has 0 saturated carbocycles. The Morgan fingerprint density at radius 3 is 2.23 bits per heavy atom. The molecule has 0 radical (unpaired) electrons. The lowest BCUT2D eigenvalue weighted by Crippen LogP contribution is -2.15. The summed E-state index contributed by atoms with van der Waals surface area (Å²) in [5.41, 5.74) is 1.86. The van der Waals surface area contributed by atoms with E-state index in [1.165, 1.54) is 5.56 Å². The van der Waals surface area contributed by atoms with Crippen LogP contribution in [0.3, 0.4) is 0 Å². The Kier molecular flexibility index (Phi) is 9.52. The summed E-state index contributed by atoms with van der Waals surface area (Å²) in [6, 6.07) is 7.85. The van der Waals surface area contributed by atoms with E-state index in [0.29, 0.717) is 23.6 Å². The molecule has 2 aromatic rings. The predicted molar refractivity (Wildman–Crippen MR) is 120 cm³/mol. The molecular weight excluding hydrogens is 418 g/mol. The van der Waals surface area contributed by atoms with Crippen molar-refractivity contribution in [2.45, 2.75) is 47.0 Å². The summed E-state index contributed by atoms with van der Waals surface area (Å²) >= 11 is 1.02. The van der Waals surface area contributed by atoms with Gasteiger partial charge in [-0.2, -0.15) is 0 Å². The maximum Gasteiger partial charge on any atom is 0.348 e. The van der Waals surface area contributed by atoms with Crippen molar-refractivity contribution in [3.63, 3.8) is 0 Å². The number of hydrogen-bond donors (Lipinski definition) is 1. The number of ether oxygens (including phenoxy) is 3. The molecule has 0 fully saturated rings. The highest BCUT2D eigenvalue weighted by Gasteiger charge is 2.27. The molecule has 0 aliphatic rings. The van der Waals surface area contributed by atoms with Crippen LogP contribution in [0.1, 0.15) is 64.8 Å². The number of nitrogens with one attached hydrogen (secondary N) is 1. The third kappa shape index (κ3) is 6.82. The first kappa shape index (κ1) is 24.4. The fourth-order valence-electron chi connectivity index (χ4n) is 2.88. The second-order valence-electron chi connectivity index (χ2n) is 6.70. The van der Waals surface area contributed by atoms with Crippen LogP contribution in [0.5, 0.6) is 5.75 Å². The van der Waals surface area contributed by atoms with Crippen molar-refractivity contribution in [3.8, 4) is 5.75 Å². The van der Waals surface area contributed by atoms with Gasteiger partial charge in [-0.15, -0.1) is 11.3 Å². The lowest BCUT2D eigenvalue weighted by molar-refractivity contribution is -0.116. The zero-order valence-electron chi connectivity index (χ0n) is 18.4. The van der Waals surface area contributed by atoms with Crippen LogP contribution < -0.4 is 10.1 Å². The fraction of sp³-hybridized carbons (Fsp3) is 0.435. The number of esters is 2. The van der Waals surface area contributed by atoms with Gasteiger partial charge in [-0.3, -0.25) is 4.79 Å². The van der Waals surface area contributed by atoms with Gasteiger partial charge in [0.1, 0.15) is 15.6 Å². The lowest BCUT2D eigenvalue weighted by Gasteiger charge is -2.08. The minimum Gasteiger partial charge on any atom is -0.494 e. The standard InChI is InChI=1S/C23H29NO6S/c1-5-16-10-12-17(13-11-16)30-14-8-9-18(25)24-21-19(22(26)28-6-2)15(4)20(31-21)23(27)29-7-3/h10-13H,5-9,14H2,1-4H3,(H,24,25). The summed E-state index contributed by atoms with van der Waals surface area (Å²) in [5, 5.41) is 3.03. The summed E-state index contributed by atoms with van der Waals surface area (Å²) in [6.45, 7) is 7.92. The van der Waals surface area contributed by atoms with Gasteiger partial charge in [0.2, 0.25) is 5.91 Å². The average molecular weight is 448 g/mol. The monoisotopic (exact) mass is 447 g/mol. The molecule has 0 unspecified atom stereocenters. The number of hydrogen-bond acceptors (Lipinski definition) is 7. The zero-order chi connectivity index (χ0) is 22.8. The van der Waals surface area contributed by atoms with E-state index in [-0.39, 0.29) is 36.0 Å². The summed E-state index contributed by atoms with van der Waals surface area (Å²) < 4.78 is 15.8. The SMILES string of the molecule is CCOC(=O)c1sc(NC(=O)CCCOc2ccc(CC)cc2)c(C(=O)OCC)c1C. The van der Waals surface area contributed by atoms with Crippen LogP contribution in [-0.2, 0) is 20.7 Å². The molecule has 0 bridgehead atoms. The Morgan fingerprint density at radius 1 is 0.968 bits per heavy atom. The van der Waals surface area contributed by atoms with Crippen molar-refractivity contribution in [3.05, 3.63) is 45.8 Å². The van der Waals surface area contributed by atoms with Gasteiger partial charge in [0, 0.05) is 6.42 Å². The first-order valence-electron chi connectivity index (χ1n) is 10.4. The second-order valence-corrected chi connectivity index (χ2v) is 7.72. The third-order valence-corrected chi connectivity index (χ3v) is 5.68. The molecule has 8 heteroatoms. The molecule has 1 N–H and O–H groups in total. The minimum absolute atomic E-state index is 0.187. The average Bonchev–Trinajstić information content (AvgIpc) is 3.07. The summed E-state index contributed by atoms with van der Waals surface area (Å²) in [5.74, 6) is -0.623. The predicted octanol–water partition coefficient (Wildman–Crippen LogP) is 4.77. The van der Waals surface area contributed by atoms with E-state index in [9.17, 15) is 14.4 Å². The number of aryl methyl sites for hydroxylation is 1. The maximum absolute atomic E-state index is 12.4. The molecular formula is C23H29NO6S. The zero-order valence-corrected chi connectivity index (χ0v) is 19.2. The van der Waals surface area contributed by atoms with Gasteiger partial charge in [-0.1, -0.05) is 19.1 Å². The van der Waals surface area contributed by atoms with E-state index >= 15 is 0 Å². The smallest absolute Gasteiger partial charge is 0.348 e. The van der Waals surface area contributed by atoms with Crippen LogP contribution in [0.15, 0.2) is 24.3 Å². The quantitative estimate of drug-likeness (QED) is 0.394. The molecule has 1 heterocycles. The molecule has 7 nitrogen and oxygen atoms in total.